The minimum absolute atomic E-state index is 0.361. The maximum absolute atomic E-state index is 5.42. The van der Waals surface area contributed by atoms with Gasteiger partial charge in [-0.2, -0.15) is 0 Å². The van der Waals surface area contributed by atoms with Gasteiger partial charge in [0.05, 0.1) is 19.8 Å². The summed E-state index contributed by atoms with van der Waals surface area (Å²) in [5.41, 5.74) is 1.16. The molecule has 0 aromatic heterocycles. The Morgan fingerprint density at radius 1 is 1.12 bits per heavy atom. The lowest BCUT2D eigenvalue weighted by molar-refractivity contribution is 0.348. The van der Waals surface area contributed by atoms with Crippen molar-refractivity contribution in [3.8, 4) is 11.5 Å². The van der Waals surface area contributed by atoms with Crippen LogP contribution in [0.5, 0.6) is 11.5 Å². The molecule has 2 rings (SSSR count). The van der Waals surface area contributed by atoms with Crippen molar-refractivity contribution in [3.05, 3.63) is 23.8 Å². The van der Waals surface area contributed by atoms with Crippen LogP contribution in [0.1, 0.15) is 30.9 Å². The lowest BCUT2D eigenvalue weighted by Crippen LogP contribution is -2.27. The second-order valence-corrected chi connectivity index (χ2v) is 4.08. The van der Waals surface area contributed by atoms with Crippen LogP contribution < -0.4 is 14.8 Å². The molecule has 1 aliphatic rings. The van der Waals surface area contributed by atoms with Crippen molar-refractivity contribution in [3.63, 3.8) is 0 Å². The monoisotopic (exact) mass is 221 g/mol. The predicted octanol–water partition coefficient (Wildman–Crippen LogP) is 2.52. The Kier molecular flexibility index (Phi) is 3.67. The van der Waals surface area contributed by atoms with Crippen molar-refractivity contribution in [1.82, 2.24) is 5.32 Å². The SMILES string of the molecule is COc1cccc(OC)c1[C@H]1CCCCN1. The summed E-state index contributed by atoms with van der Waals surface area (Å²) in [5, 5.41) is 3.52. The van der Waals surface area contributed by atoms with E-state index in [0.717, 1.165) is 30.0 Å². The molecule has 0 bridgehead atoms. The van der Waals surface area contributed by atoms with Gasteiger partial charge in [0.15, 0.2) is 0 Å². The average molecular weight is 221 g/mol. The van der Waals surface area contributed by atoms with Crippen LogP contribution in [-0.2, 0) is 0 Å². The van der Waals surface area contributed by atoms with Gasteiger partial charge in [0, 0.05) is 6.04 Å². The number of hydrogen-bond acceptors (Lipinski definition) is 3. The van der Waals surface area contributed by atoms with Crippen LogP contribution in [0.15, 0.2) is 18.2 Å². The first-order valence-electron chi connectivity index (χ1n) is 5.81. The molecule has 1 aliphatic heterocycles. The quantitative estimate of drug-likeness (QED) is 0.850. The van der Waals surface area contributed by atoms with Crippen LogP contribution in [0.3, 0.4) is 0 Å². The summed E-state index contributed by atoms with van der Waals surface area (Å²) >= 11 is 0. The first-order chi connectivity index (χ1) is 7.86. The molecule has 3 nitrogen and oxygen atoms in total. The molecular weight excluding hydrogens is 202 g/mol. The third-order valence-electron chi connectivity index (χ3n) is 3.12. The zero-order valence-corrected chi connectivity index (χ0v) is 9.95. The predicted molar refractivity (Wildman–Crippen MR) is 64.1 cm³/mol. The smallest absolute Gasteiger partial charge is 0.127 e. The summed E-state index contributed by atoms with van der Waals surface area (Å²) in [7, 11) is 3.42. The van der Waals surface area contributed by atoms with Gasteiger partial charge < -0.3 is 14.8 Å². The summed E-state index contributed by atoms with van der Waals surface area (Å²) in [5.74, 6) is 1.83. The summed E-state index contributed by atoms with van der Waals surface area (Å²) < 4.78 is 10.8. The highest BCUT2D eigenvalue weighted by Gasteiger charge is 2.22. The molecule has 1 fully saturated rings. The summed E-state index contributed by atoms with van der Waals surface area (Å²) in [6.07, 6.45) is 3.67. The highest BCUT2D eigenvalue weighted by molar-refractivity contribution is 5.47. The third-order valence-corrected chi connectivity index (χ3v) is 3.12. The average Bonchev–Trinajstić information content (AvgIpc) is 2.38. The Morgan fingerprint density at radius 3 is 2.31 bits per heavy atom. The minimum atomic E-state index is 0.361. The molecule has 0 saturated carbocycles. The van der Waals surface area contributed by atoms with E-state index in [9.17, 15) is 0 Å². The van der Waals surface area contributed by atoms with Gasteiger partial charge in [-0.1, -0.05) is 12.5 Å². The molecule has 16 heavy (non-hydrogen) atoms. The highest BCUT2D eigenvalue weighted by Crippen LogP contribution is 2.37. The zero-order valence-electron chi connectivity index (χ0n) is 9.95. The van der Waals surface area contributed by atoms with Crippen molar-refractivity contribution in [2.24, 2.45) is 0 Å². The maximum atomic E-state index is 5.42. The summed E-state index contributed by atoms with van der Waals surface area (Å²) in [6.45, 7) is 1.08. The number of rotatable bonds is 3. The second-order valence-electron chi connectivity index (χ2n) is 4.08. The molecule has 1 atom stereocenters. The van der Waals surface area contributed by atoms with E-state index in [1.54, 1.807) is 14.2 Å². The van der Waals surface area contributed by atoms with Crippen LogP contribution >= 0.6 is 0 Å². The number of hydrogen-bond donors (Lipinski definition) is 1. The number of ether oxygens (including phenoxy) is 2. The number of nitrogens with one attached hydrogen (secondary N) is 1. The molecule has 1 aromatic rings. The van der Waals surface area contributed by atoms with Crippen LogP contribution in [-0.4, -0.2) is 20.8 Å². The number of piperidine rings is 1. The molecule has 1 aromatic carbocycles. The van der Waals surface area contributed by atoms with E-state index >= 15 is 0 Å². The molecule has 0 amide bonds. The van der Waals surface area contributed by atoms with Gasteiger partial charge in [0.1, 0.15) is 11.5 Å². The fourth-order valence-electron chi connectivity index (χ4n) is 2.32. The van der Waals surface area contributed by atoms with Gasteiger partial charge in [-0.25, -0.2) is 0 Å². The van der Waals surface area contributed by atoms with Crippen molar-refractivity contribution in [2.45, 2.75) is 25.3 Å². The van der Waals surface area contributed by atoms with Crippen LogP contribution in [0, 0.1) is 0 Å². The van der Waals surface area contributed by atoms with E-state index in [2.05, 4.69) is 5.32 Å². The van der Waals surface area contributed by atoms with E-state index in [1.807, 2.05) is 18.2 Å². The normalized spacial score (nSPS) is 20.5. The van der Waals surface area contributed by atoms with Gasteiger partial charge in [0.25, 0.3) is 0 Å². The molecule has 88 valence electrons. The Balaban J connectivity index is 2.34. The lowest BCUT2D eigenvalue weighted by Gasteiger charge is -2.26. The Bertz CT molecular complexity index is 324. The zero-order chi connectivity index (χ0) is 11.4. The van der Waals surface area contributed by atoms with Gasteiger partial charge in [-0.3, -0.25) is 0 Å². The van der Waals surface area contributed by atoms with E-state index in [1.165, 1.54) is 12.8 Å². The van der Waals surface area contributed by atoms with Crippen molar-refractivity contribution in [1.29, 1.82) is 0 Å². The molecule has 0 spiro atoms. The van der Waals surface area contributed by atoms with Gasteiger partial charge in [-0.05, 0) is 31.5 Å². The highest BCUT2D eigenvalue weighted by atomic mass is 16.5. The fourth-order valence-corrected chi connectivity index (χ4v) is 2.32. The molecule has 3 heteroatoms. The molecular formula is C13H19NO2. The topological polar surface area (TPSA) is 30.5 Å². The fraction of sp³-hybridized carbons (Fsp3) is 0.538. The van der Waals surface area contributed by atoms with Crippen molar-refractivity contribution >= 4 is 0 Å². The molecule has 1 N–H and O–H groups in total. The Morgan fingerprint density at radius 2 is 1.81 bits per heavy atom. The van der Waals surface area contributed by atoms with Gasteiger partial charge in [0.2, 0.25) is 0 Å². The molecule has 1 saturated heterocycles. The van der Waals surface area contributed by atoms with E-state index in [4.69, 9.17) is 9.47 Å². The third kappa shape index (κ3) is 2.14. The second kappa shape index (κ2) is 5.21. The number of methoxy groups -OCH3 is 2. The Labute approximate surface area is 96.8 Å². The van der Waals surface area contributed by atoms with Crippen LogP contribution in [0.4, 0.5) is 0 Å². The van der Waals surface area contributed by atoms with E-state index in [0.29, 0.717) is 6.04 Å². The standard InChI is InChI=1S/C13H19NO2/c1-15-11-7-5-8-12(16-2)13(11)10-6-3-4-9-14-10/h5,7-8,10,14H,3-4,6,9H2,1-2H3/t10-/m1/s1. The largest absolute Gasteiger partial charge is 0.496 e. The summed E-state index contributed by atoms with van der Waals surface area (Å²) in [6, 6.07) is 6.31. The first kappa shape index (κ1) is 11.3. The molecule has 0 radical (unpaired) electrons. The molecule has 1 heterocycles. The van der Waals surface area contributed by atoms with Crippen LogP contribution in [0.25, 0.3) is 0 Å². The lowest BCUT2D eigenvalue weighted by atomic mass is 9.96. The number of benzene rings is 1. The minimum Gasteiger partial charge on any atom is -0.496 e. The van der Waals surface area contributed by atoms with E-state index < -0.39 is 0 Å². The van der Waals surface area contributed by atoms with E-state index in [-0.39, 0.29) is 0 Å². The Hall–Kier alpha value is -1.22. The van der Waals surface area contributed by atoms with Gasteiger partial charge >= 0.3 is 0 Å². The molecule has 0 aliphatic carbocycles. The summed E-state index contributed by atoms with van der Waals surface area (Å²) in [4.78, 5) is 0. The van der Waals surface area contributed by atoms with Crippen LogP contribution in [0.2, 0.25) is 0 Å². The molecule has 0 unspecified atom stereocenters. The van der Waals surface area contributed by atoms with Crippen molar-refractivity contribution in [2.75, 3.05) is 20.8 Å². The maximum Gasteiger partial charge on any atom is 0.127 e. The van der Waals surface area contributed by atoms with Gasteiger partial charge in [-0.15, -0.1) is 0 Å². The first-order valence-corrected chi connectivity index (χ1v) is 5.81. The van der Waals surface area contributed by atoms with Crippen molar-refractivity contribution < 1.29 is 9.47 Å².